The molecule has 372 valence electrons. The predicted octanol–water partition coefficient (Wildman–Crippen LogP) is 2.15. The van der Waals surface area contributed by atoms with Crippen LogP contribution in [0.2, 0.25) is 0 Å². The molecule has 4 aliphatic rings. The van der Waals surface area contributed by atoms with Gasteiger partial charge in [-0.3, -0.25) is 14.4 Å². The van der Waals surface area contributed by atoms with Gasteiger partial charge in [0.15, 0.2) is 18.9 Å². The summed E-state index contributed by atoms with van der Waals surface area (Å²) >= 11 is 0. The summed E-state index contributed by atoms with van der Waals surface area (Å²) < 4.78 is 51.7. The van der Waals surface area contributed by atoms with Gasteiger partial charge in [0.2, 0.25) is 0 Å². The van der Waals surface area contributed by atoms with Gasteiger partial charge in [0.1, 0.15) is 35.3 Å². The Bertz CT molecular complexity index is 1570. The Hall–Kier alpha value is -1.91. The van der Waals surface area contributed by atoms with E-state index in [0.29, 0.717) is 6.42 Å². The number of aliphatic hydroxyl groups is 5. The quantitative estimate of drug-likeness (QED) is 0.198. The van der Waals surface area contributed by atoms with E-state index in [-0.39, 0.29) is 43.9 Å². The number of aliphatic hydroxyl groups excluding tert-OH is 4. The first kappa shape index (κ1) is 54.7. The number of hydrogen-bond acceptors (Lipinski definition) is 18. The Labute approximate surface area is 380 Å². The minimum absolute atomic E-state index is 0.0601. The summed E-state index contributed by atoms with van der Waals surface area (Å²) in [5.41, 5.74) is -5.08. The van der Waals surface area contributed by atoms with Gasteiger partial charge >= 0.3 is 11.9 Å². The van der Waals surface area contributed by atoms with Crippen LogP contribution in [0.3, 0.4) is 0 Å². The van der Waals surface area contributed by atoms with E-state index in [1.54, 1.807) is 55.4 Å². The van der Waals surface area contributed by atoms with E-state index >= 15 is 0 Å². The van der Waals surface area contributed by atoms with E-state index < -0.39 is 132 Å². The second kappa shape index (κ2) is 21.6. The molecule has 4 aliphatic heterocycles. The lowest BCUT2D eigenvalue weighted by molar-refractivity contribution is -0.340. The summed E-state index contributed by atoms with van der Waals surface area (Å²) in [6.07, 6.45) is -13.3. The Kier molecular flexibility index (Phi) is 18.4. The smallest absolute Gasteiger partial charge is 0.311 e. The van der Waals surface area contributed by atoms with E-state index in [1.165, 1.54) is 20.8 Å². The zero-order chi connectivity index (χ0) is 48.5. The summed E-state index contributed by atoms with van der Waals surface area (Å²) in [5.74, 6) is -5.92. The number of hydrogen-bond donors (Lipinski definition) is 5. The van der Waals surface area contributed by atoms with Crippen LogP contribution in [0.25, 0.3) is 0 Å². The molecule has 4 heterocycles. The van der Waals surface area contributed by atoms with Crippen molar-refractivity contribution in [3.05, 3.63) is 0 Å². The number of likely N-dealkylation sites (N-methyl/N-ethyl adjacent to an activating group) is 2. The topological polar surface area (TPSA) is 233 Å². The summed E-state index contributed by atoms with van der Waals surface area (Å²) in [6.45, 7) is 19.4. The zero-order valence-corrected chi connectivity index (χ0v) is 41.1. The summed E-state index contributed by atoms with van der Waals surface area (Å²) in [5, 5.41) is 57.9. The first-order valence-corrected chi connectivity index (χ1v) is 23.2. The van der Waals surface area contributed by atoms with Crippen molar-refractivity contribution in [2.45, 2.75) is 224 Å². The lowest BCUT2D eigenvalue weighted by Crippen LogP contribution is -2.63. The van der Waals surface area contributed by atoms with Crippen LogP contribution >= 0.6 is 0 Å². The fraction of sp³-hybridized carbons (Fsp3) is 0.935. The van der Waals surface area contributed by atoms with Crippen LogP contribution in [0.5, 0.6) is 0 Å². The zero-order valence-electron chi connectivity index (χ0n) is 41.1. The molecule has 0 radical (unpaired) electrons. The van der Waals surface area contributed by atoms with Crippen molar-refractivity contribution in [1.29, 1.82) is 0 Å². The molecule has 0 aromatic heterocycles. The molecule has 0 aliphatic carbocycles. The van der Waals surface area contributed by atoms with E-state index in [1.807, 2.05) is 44.9 Å². The Balaban J connectivity index is 1.98. The fourth-order valence-corrected chi connectivity index (χ4v) is 10.6. The molecule has 64 heavy (non-hydrogen) atoms. The van der Waals surface area contributed by atoms with Gasteiger partial charge in [0, 0.05) is 49.6 Å². The van der Waals surface area contributed by atoms with Gasteiger partial charge in [-0.05, 0) is 95.9 Å². The summed E-state index contributed by atoms with van der Waals surface area (Å²) in [4.78, 5) is 45.2. The summed E-state index contributed by atoms with van der Waals surface area (Å²) in [6, 6.07) is -0.774. The number of nitrogens with zero attached hydrogens (tertiary/aromatic N) is 2. The first-order valence-electron chi connectivity index (χ1n) is 23.2. The minimum Gasteiger partial charge on any atom is -0.459 e. The molecule has 0 amide bonds. The average Bonchev–Trinajstić information content (AvgIpc) is 3.19. The number of cyclic esters (lactones) is 1. The summed E-state index contributed by atoms with van der Waals surface area (Å²) in [7, 11) is 7.39. The number of carbonyl (C=O) groups excluding carboxylic acids is 3. The van der Waals surface area contributed by atoms with E-state index in [0.717, 1.165) is 0 Å². The molecule has 22 atom stereocenters. The molecule has 18 nitrogen and oxygen atoms in total. The molecule has 0 aromatic rings. The monoisotopic (exact) mass is 919 g/mol. The van der Waals surface area contributed by atoms with Crippen molar-refractivity contribution in [3.8, 4) is 0 Å². The fourth-order valence-electron chi connectivity index (χ4n) is 10.6. The number of esters is 2. The molecule has 0 unspecified atom stereocenters. The highest BCUT2D eigenvalue weighted by Crippen LogP contribution is 2.43. The number of carbonyl (C=O) groups is 3. The maximum absolute atomic E-state index is 14.6. The lowest BCUT2D eigenvalue weighted by atomic mass is 9.73. The van der Waals surface area contributed by atoms with Gasteiger partial charge in [-0.15, -0.1) is 0 Å². The third-order valence-electron chi connectivity index (χ3n) is 14.5. The van der Waals surface area contributed by atoms with E-state index in [9.17, 15) is 39.9 Å². The van der Waals surface area contributed by atoms with Crippen LogP contribution in [-0.2, 0) is 52.3 Å². The van der Waals surface area contributed by atoms with Gasteiger partial charge in [0.05, 0.1) is 54.2 Å². The Morgan fingerprint density at radius 2 is 1.33 bits per heavy atom. The van der Waals surface area contributed by atoms with Gasteiger partial charge < -0.3 is 73.2 Å². The van der Waals surface area contributed by atoms with Crippen molar-refractivity contribution in [2.24, 2.45) is 23.7 Å². The number of ether oxygens (including phenoxy) is 8. The van der Waals surface area contributed by atoms with Gasteiger partial charge in [-0.25, -0.2) is 0 Å². The highest BCUT2D eigenvalue weighted by molar-refractivity contribution is 5.83. The molecule has 4 rings (SSSR count). The van der Waals surface area contributed by atoms with Crippen LogP contribution in [-0.4, -0.2) is 190 Å². The number of ketones is 1. The normalized spacial score (nSPS) is 48.1. The van der Waals surface area contributed by atoms with E-state index in [4.69, 9.17) is 37.9 Å². The highest BCUT2D eigenvalue weighted by atomic mass is 16.7. The highest BCUT2D eigenvalue weighted by Gasteiger charge is 2.56. The number of Topliss-reactive ketones (excluding diaryl/α,β-unsaturated/α-hetero) is 1. The van der Waals surface area contributed by atoms with Crippen molar-refractivity contribution in [1.82, 2.24) is 9.80 Å². The van der Waals surface area contributed by atoms with Gasteiger partial charge in [0.25, 0.3) is 0 Å². The molecule has 18 heteroatoms. The van der Waals surface area contributed by atoms with Gasteiger partial charge in [-0.1, -0.05) is 27.7 Å². The molecule has 0 aromatic carbocycles. The third kappa shape index (κ3) is 12.0. The largest absolute Gasteiger partial charge is 0.459 e. The van der Waals surface area contributed by atoms with Crippen LogP contribution in [0, 0.1) is 23.7 Å². The van der Waals surface area contributed by atoms with Crippen LogP contribution in [0.1, 0.15) is 115 Å². The molecule has 0 bridgehead atoms. The van der Waals surface area contributed by atoms with E-state index in [2.05, 4.69) is 0 Å². The second-order valence-electron chi connectivity index (χ2n) is 20.5. The maximum Gasteiger partial charge on any atom is 0.311 e. The van der Waals surface area contributed by atoms with Gasteiger partial charge in [-0.2, -0.15) is 0 Å². The van der Waals surface area contributed by atoms with Crippen molar-refractivity contribution in [3.63, 3.8) is 0 Å². The standard InChI is InChI=1S/C46H82N2O16/c1-17-32-46(12,56)39(53)24(4)35(50)22(2)20-45(11,64-33-19-31(48(15)16)36(51)27(7)58-33)41(62-43-37(52)30(47(13)14)18-23(3)57-43)25(5)38(26(6)42(55)60-32)61-34-21-44(10,63-29(9)49)40(54)28(8)59-34/h22-28,30-34,36-41,43,51-54,56H,17-21H2,1-16H3/t22-,23+,24+,25+,26-,27+,28+,30-,31-,32-,33+,34+,36+,37+,38+,39-,40+,41-,43-,44-,45-,46-/m1/s1. The Morgan fingerprint density at radius 1 is 0.750 bits per heavy atom. The maximum atomic E-state index is 14.6. The molecule has 0 saturated carbocycles. The number of rotatable bonds is 10. The third-order valence-corrected chi connectivity index (χ3v) is 14.5. The Morgan fingerprint density at radius 3 is 1.89 bits per heavy atom. The van der Waals surface area contributed by atoms with Crippen molar-refractivity contribution in [2.75, 3.05) is 28.2 Å². The predicted molar refractivity (Wildman–Crippen MR) is 232 cm³/mol. The molecule has 4 fully saturated rings. The van der Waals surface area contributed by atoms with Crippen LogP contribution in [0.4, 0.5) is 0 Å². The van der Waals surface area contributed by atoms with Crippen LogP contribution in [0.15, 0.2) is 0 Å². The van der Waals surface area contributed by atoms with Crippen LogP contribution < -0.4 is 0 Å². The SMILES string of the molecule is CC[C@H]1OC(=O)[C@H](C)[C@@H](O[C@H]2C[C@@](C)(OC(C)=O)[C@@H](O)[C@H](C)O2)[C@H](C)[C@@H](O[C@H]2O[C@@H](C)C[C@@H](N(C)C)[C@@H]2O)[C@](C)(O[C@H]2C[C@@H](N(C)C)[C@@H](O)[C@H](C)O2)C[C@@H](C)C(=O)[C@H](C)[C@@H](O)[C@]1(C)O. The average molecular weight is 919 g/mol. The molecular formula is C46H82N2O16. The minimum atomic E-state index is -2.07. The van der Waals surface area contributed by atoms with Crippen molar-refractivity contribution < 1.29 is 77.8 Å². The second-order valence-corrected chi connectivity index (χ2v) is 20.5. The molecule has 5 N–H and O–H groups in total. The molecule has 0 spiro atoms. The molecule has 4 saturated heterocycles. The lowest BCUT2D eigenvalue weighted by Gasteiger charge is -2.51. The molecular weight excluding hydrogens is 837 g/mol. The van der Waals surface area contributed by atoms with Crippen molar-refractivity contribution >= 4 is 17.7 Å². The first-order chi connectivity index (χ1) is 29.5.